The Morgan fingerprint density at radius 2 is 2.10 bits per heavy atom. The molecule has 1 fully saturated rings. The first kappa shape index (κ1) is 14.3. The molecule has 1 heterocycles. The average Bonchev–Trinajstić information content (AvgIpc) is 2.33. The summed E-state index contributed by atoms with van der Waals surface area (Å²) in [4.78, 5) is 23.9. The molecule has 1 aromatic heterocycles. The molecular formula is C10H11N3O6S. The Bertz CT molecular complexity index is 650. The van der Waals surface area contributed by atoms with E-state index in [2.05, 4.69) is 9.71 Å². The summed E-state index contributed by atoms with van der Waals surface area (Å²) in [6.07, 6.45) is 1.87. The van der Waals surface area contributed by atoms with Crippen LogP contribution in [0.1, 0.15) is 19.3 Å². The van der Waals surface area contributed by atoms with Crippen LogP contribution in [0.2, 0.25) is 0 Å². The first-order valence-electron chi connectivity index (χ1n) is 5.65. The second-order valence-corrected chi connectivity index (χ2v) is 6.14. The fraction of sp³-hybridized carbons (Fsp3) is 0.400. The number of nitrogens with one attached hydrogen (secondary N) is 1. The van der Waals surface area contributed by atoms with E-state index in [9.17, 15) is 23.3 Å². The minimum Gasteiger partial charge on any atom is -0.480 e. The van der Waals surface area contributed by atoms with Crippen LogP contribution in [0.3, 0.4) is 0 Å². The van der Waals surface area contributed by atoms with Gasteiger partial charge in [0.15, 0.2) is 6.20 Å². The summed E-state index contributed by atoms with van der Waals surface area (Å²) in [5.74, 6) is -1.72. The number of nitro groups is 1. The lowest BCUT2D eigenvalue weighted by Crippen LogP contribution is -2.58. The Labute approximate surface area is 113 Å². The molecule has 1 saturated carbocycles. The van der Waals surface area contributed by atoms with Crippen LogP contribution in [0.4, 0.5) is 5.82 Å². The minimum atomic E-state index is -4.08. The van der Waals surface area contributed by atoms with E-state index >= 15 is 0 Å². The summed E-state index contributed by atoms with van der Waals surface area (Å²) in [6.45, 7) is 0. The molecule has 0 bridgehead atoms. The fourth-order valence-corrected chi connectivity index (χ4v) is 3.21. The molecule has 0 amide bonds. The van der Waals surface area contributed by atoms with E-state index in [1.54, 1.807) is 0 Å². The van der Waals surface area contributed by atoms with Crippen LogP contribution in [0.5, 0.6) is 0 Å². The van der Waals surface area contributed by atoms with Crippen molar-refractivity contribution >= 4 is 21.8 Å². The van der Waals surface area contributed by atoms with E-state index in [1.165, 1.54) is 0 Å². The number of carbonyl (C=O) groups is 1. The summed E-state index contributed by atoms with van der Waals surface area (Å²) >= 11 is 0. The Morgan fingerprint density at radius 3 is 2.45 bits per heavy atom. The van der Waals surface area contributed by atoms with Gasteiger partial charge < -0.3 is 15.2 Å². The van der Waals surface area contributed by atoms with Gasteiger partial charge in [-0.05, 0) is 35.2 Å². The predicted molar refractivity (Wildman–Crippen MR) is 65.4 cm³/mol. The number of nitrogens with zero attached hydrogens (tertiary/aromatic N) is 2. The van der Waals surface area contributed by atoms with Crippen LogP contribution < -0.4 is 4.72 Å². The zero-order valence-electron chi connectivity index (χ0n) is 10.1. The van der Waals surface area contributed by atoms with Crippen molar-refractivity contribution < 1.29 is 23.2 Å². The van der Waals surface area contributed by atoms with Gasteiger partial charge in [0.25, 0.3) is 0 Å². The molecule has 108 valence electrons. The quantitative estimate of drug-likeness (QED) is 0.587. The molecular weight excluding hydrogens is 290 g/mol. The third-order valence-electron chi connectivity index (χ3n) is 3.16. The SMILES string of the molecule is O=C(O)C1(NS(=O)(=O)c2ccc([N+](=O)[O-])nc2)CCC1. The molecule has 0 aliphatic heterocycles. The molecule has 1 aliphatic rings. The molecule has 0 aromatic carbocycles. The normalized spacial score (nSPS) is 17.2. The Hall–Kier alpha value is -2.07. The van der Waals surface area contributed by atoms with Gasteiger partial charge >= 0.3 is 11.8 Å². The number of hydrogen-bond donors (Lipinski definition) is 2. The Morgan fingerprint density at radius 1 is 1.45 bits per heavy atom. The van der Waals surface area contributed by atoms with Gasteiger partial charge in [0, 0.05) is 6.07 Å². The predicted octanol–water partition coefficient (Wildman–Crippen LogP) is 0.275. The molecule has 9 nitrogen and oxygen atoms in total. The highest BCUT2D eigenvalue weighted by atomic mass is 32.2. The van der Waals surface area contributed by atoms with E-state index in [1.807, 2.05) is 0 Å². The number of sulfonamides is 1. The standard InChI is InChI=1S/C10H11N3O6S/c14-9(15)10(4-1-5-10)12-20(18,19)7-2-3-8(11-6-7)13(16)17/h2-3,6,12H,1,4-5H2,(H,14,15). The van der Waals surface area contributed by atoms with Gasteiger partial charge in [-0.2, -0.15) is 4.72 Å². The highest BCUT2D eigenvalue weighted by Gasteiger charge is 2.47. The van der Waals surface area contributed by atoms with E-state index < -0.39 is 32.3 Å². The average molecular weight is 301 g/mol. The van der Waals surface area contributed by atoms with Crippen molar-refractivity contribution in [3.05, 3.63) is 28.4 Å². The molecule has 1 aliphatic carbocycles. The van der Waals surface area contributed by atoms with E-state index in [4.69, 9.17) is 5.11 Å². The van der Waals surface area contributed by atoms with Crippen LogP contribution in [0, 0.1) is 10.1 Å². The molecule has 0 atom stereocenters. The number of hydrogen-bond acceptors (Lipinski definition) is 6. The van der Waals surface area contributed by atoms with E-state index in [0.29, 0.717) is 6.42 Å². The second-order valence-electron chi connectivity index (χ2n) is 4.46. The number of aliphatic carboxylic acids is 1. The van der Waals surface area contributed by atoms with Crippen molar-refractivity contribution in [2.45, 2.75) is 29.7 Å². The molecule has 1 aromatic rings. The van der Waals surface area contributed by atoms with Crippen molar-refractivity contribution in [1.82, 2.24) is 9.71 Å². The molecule has 0 radical (unpaired) electrons. The third-order valence-corrected chi connectivity index (χ3v) is 4.69. The summed E-state index contributed by atoms with van der Waals surface area (Å²) < 4.78 is 26.2. The fourth-order valence-electron chi connectivity index (χ4n) is 1.85. The lowest BCUT2D eigenvalue weighted by molar-refractivity contribution is -0.389. The first-order valence-corrected chi connectivity index (χ1v) is 7.13. The maximum Gasteiger partial charge on any atom is 0.363 e. The Kier molecular flexibility index (Phi) is 3.44. The van der Waals surface area contributed by atoms with Crippen molar-refractivity contribution in [3.8, 4) is 0 Å². The van der Waals surface area contributed by atoms with Crippen molar-refractivity contribution in [1.29, 1.82) is 0 Å². The van der Waals surface area contributed by atoms with Crippen LogP contribution >= 0.6 is 0 Å². The molecule has 2 rings (SSSR count). The maximum absolute atomic E-state index is 12.0. The summed E-state index contributed by atoms with van der Waals surface area (Å²) in [5, 5.41) is 19.5. The van der Waals surface area contributed by atoms with Gasteiger partial charge in [-0.15, -0.1) is 0 Å². The van der Waals surface area contributed by atoms with Crippen LogP contribution in [-0.4, -0.2) is 34.9 Å². The summed E-state index contributed by atoms with van der Waals surface area (Å²) in [6, 6.07) is 1.96. The van der Waals surface area contributed by atoms with Gasteiger partial charge in [0.1, 0.15) is 10.4 Å². The number of aromatic nitrogens is 1. The minimum absolute atomic E-state index is 0.210. The number of carboxylic acids is 1. The van der Waals surface area contributed by atoms with Crippen LogP contribution in [-0.2, 0) is 14.8 Å². The topological polar surface area (TPSA) is 140 Å². The summed E-state index contributed by atoms with van der Waals surface area (Å²) in [7, 11) is -4.08. The summed E-state index contributed by atoms with van der Waals surface area (Å²) in [5.41, 5.74) is -1.49. The smallest absolute Gasteiger partial charge is 0.363 e. The first-order chi connectivity index (χ1) is 9.27. The van der Waals surface area contributed by atoms with Crippen LogP contribution in [0.25, 0.3) is 0 Å². The number of rotatable bonds is 5. The highest BCUT2D eigenvalue weighted by molar-refractivity contribution is 7.89. The Balaban J connectivity index is 2.26. The lowest BCUT2D eigenvalue weighted by Gasteiger charge is -2.37. The lowest BCUT2D eigenvalue weighted by atomic mass is 9.78. The molecule has 0 unspecified atom stereocenters. The van der Waals surface area contributed by atoms with E-state index in [0.717, 1.165) is 18.3 Å². The molecule has 2 N–H and O–H groups in total. The van der Waals surface area contributed by atoms with Gasteiger partial charge in [0.2, 0.25) is 10.0 Å². The second kappa shape index (κ2) is 4.80. The van der Waals surface area contributed by atoms with Crippen molar-refractivity contribution in [2.24, 2.45) is 0 Å². The molecule has 10 heteroatoms. The van der Waals surface area contributed by atoms with Crippen LogP contribution in [0.15, 0.2) is 23.2 Å². The molecule has 0 spiro atoms. The van der Waals surface area contributed by atoms with E-state index in [-0.39, 0.29) is 17.7 Å². The zero-order chi connectivity index (χ0) is 15.0. The third kappa shape index (κ3) is 2.47. The van der Waals surface area contributed by atoms with Gasteiger partial charge in [-0.3, -0.25) is 4.79 Å². The van der Waals surface area contributed by atoms with Crippen molar-refractivity contribution in [3.63, 3.8) is 0 Å². The number of carboxylic acid groups (broad SMARTS) is 1. The maximum atomic E-state index is 12.0. The number of pyridine rings is 1. The van der Waals surface area contributed by atoms with Gasteiger partial charge in [0.05, 0.1) is 0 Å². The van der Waals surface area contributed by atoms with Crippen molar-refractivity contribution in [2.75, 3.05) is 0 Å². The highest BCUT2D eigenvalue weighted by Crippen LogP contribution is 2.33. The van der Waals surface area contributed by atoms with Gasteiger partial charge in [-0.25, -0.2) is 8.42 Å². The molecule has 20 heavy (non-hydrogen) atoms. The molecule has 0 saturated heterocycles. The zero-order valence-corrected chi connectivity index (χ0v) is 11.0. The monoisotopic (exact) mass is 301 g/mol. The van der Waals surface area contributed by atoms with Gasteiger partial charge in [-0.1, -0.05) is 0 Å². The largest absolute Gasteiger partial charge is 0.480 e.